The molecule has 0 saturated carbocycles. The lowest BCUT2D eigenvalue weighted by molar-refractivity contribution is 0.0945. The first kappa shape index (κ1) is 18.5. The normalized spacial score (nSPS) is 10.2. The zero-order valence-corrected chi connectivity index (χ0v) is 14.5. The van der Waals surface area contributed by atoms with Crippen molar-refractivity contribution in [3.05, 3.63) is 41.6 Å². The molecule has 0 aliphatic rings. The number of amides is 1. The van der Waals surface area contributed by atoms with Gasteiger partial charge in [0.05, 0.1) is 20.8 Å². The van der Waals surface area contributed by atoms with Crippen molar-refractivity contribution in [2.45, 2.75) is 6.54 Å². The average Bonchev–Trinajstić information content (AvgIpc) is 2.66. The first-order chi connectivity index (χ1) is 12.2. The van der Waals surface area contributed by atoms with E-state index >= 15 is 0 Å². The van der Waals surface area contributed by atoms with Crippen LogP contribution in [0.25, 0.3) is 0 Å². The summed E-state index contributed by atoms with van der Waals surface area (Å²) in [6.07, 6.45) is 0. The molecular formula is C17H22N4O4. The number of hydrogen-bond acceptors (Lipinski definition) is 7. The lowest BCUT2D eigenvalue weighted by atomic mass is 10.2. The maximum Gasteiger partial charge on any atom is 0.272 e. The van der Waals surface area contributed by atoms with Crippen molar-refractivity contribution in [2.75, 3.05) is 39.8 Å². The van der Waals surface area contributed by atoms with Gasteiger partial charge in [-0.15, -0.1) is 10.2 Å². The molecule has 0 unspecified atom stereocenters. The Bertz CT molecular complexity index is 692. The van der Waals surface area contributed by atoms with Crippen LogP contribution in [-0.4, -0.2) is 50.6 Å². The maximum atomic E-state index is 12.2. The number of carbonyl (C=O) groups is 1. The Morgan fingerprint density at radius 1 is 1.04 bits per heavy atom. The standard InChI is InChI=1S/C17H22N4O4/c1-23-9-8-18-16-7-5-13(20-21-16)17(22)19-11-12-4-6-14(24-2)15(10-12)25-3/h4-7,10H,8-9,11H2,1-3H3,(H,18,21)(H,19,22). The van der Waals surface area contributed by atoms with Gasteiger partial charge in [-0.05, 0) is 29.8 Å². The molecule has 2 N–H and O–H groups in total. The van der Waals surface area contributed by atoms with Crippen molar-refractivity contribution in [3.63, 3.8) is 0 Å². The van der Waals surface area contributed by atoms with Crippen molar-refractivity contribution in [2.24, 2.45) is 0 Å². The highest BCUT2D eigenvalue weighted by atomic mass is 16.5. The number of ether oxygens (including phenoxy) is 3. The lowest BCUT2D eigenvalue weighted by Gasteiger charge is -2.10. The highest BCUT2D eigenvalue weighted by Crippen LogP contribution is 2.27. The fourth-order valence-corrected chi connectivity index (χ4v) is 2.09. The minimum absolute atomic E-state index is 0.248. The van der Waals surface area contributed by atoms with Crippen LogP contribution in [0.3, 0.4) is 0 Å². The van der Waals surface area contributed by atoms with Crippen LogP contribution in [0.4, 0.5) is 5.82 Å². The summed E-state index contributed by atoms with van der Waals surface area (Å²) in [5.74, 6) is 1.54. The van der Waals surface area contributed by atoms with Crippen molar-refractivity contribution >= 4 is 11.7 Å². The fourth-order valence-electron chi connectivity index (χ4n) is 2.09. The molecule has 1 amide bonds. The van der Waals surface area contributed by atoms with Crippen LogP contribution in [0.5, 0.6) is 11.5 Å². The smallest absolute Gasteiger partial charge is 0.272 e. The molecule has 0 aliphatic carbocycles. The van der Waals surface area contributed by atoms with Crippen LogP contribution >= 0.6 is 0 Å². The molecule has 1 aromatic carbocycles. The van der Waals surface area contributed by atoms with Gasteiger partial charge in [0.25, 0.3) is 5.91 Å². The number of anilines is 1. The van der Waals surface area contributed by atoms with E-state index < -0.39 is 0 Å². The highest BCUT2D eigenvalue weighted by Gasteiger charge is 2.09. The molecule has 25 heavy (non-hydrogen) atoms. The average molecular weight is 346 g/mol. The summed E-state index contributed by atoms with van der Waals surface area (Å²) in [7, 11) is 4.77. The van der Waals surface area contributed by atoms with Crippen LogP contribution in [0.15, 0.2) is 30.3 Å². The van der Waals surface area contributed by atoms with Crippen molar-refractivity contribution in [1.29, 1.82) is 0 Å². The molecule has 8 nitrogen and oxygen atoms in total. The van der Waals surface area contributed by atoms with Gasteiger partial charge in [0, 0.05) is 20.2 Å². The van der Waals surface area contributed by atoms with E-state index in [1.165, 1.54) is 0 Å². The third-order valence-electron chi connectivity index (χ3n) is 3.41. The molecule has 134 valence electrons. The molecule has 1 heterocycles. The molecule has 0 radical (unpaired) electrons. The van der Waals surface area contributed by atoms with Gasteiger partial charge in [-0.1, -0.05) is 6.07 Å². The van der Waals surface area contributed by atoms with Crippen LogP contribution in [0.2, 0.25) is 0 Å². The van der Waals surface area contributed by atoms with Gasteiger partial charge in [0.15, 0.2) is 17.2 Å². The second-order valence-electron chi connectivity index (χ2n) is 5.10. The zero-order chi connectivity index (χ0) is 18.1. The summed E-state index contributed by atoms with van der Waals surface area (Å²) in [6.45, 7) is 1.53. The van der Waals surface area contributed by atoms with Crippen LogP contribution in [-0.2, 0) is 11.3 Å². The van der Waals surface area contributed by atoms with Gasteiger partial charge >= 0.3 is 0 Å². The van der Waals surface area contributed by atoms with E-state index in [1.54, 1.807) is 39.5 Å². The van der Waals surface area contributed by atoms with Gasteiger partial charge in [0.1, 0.15) is 5.82 Å². The number of carbonyl (C=O) groups excluding carboxylic acids is 1. The maximum absolute atomic E-state index is 12.2. The molecule has 0 fully saturated rings. The van der Waals surface area contributed by atoms with E-state index in [0.717, 1.165) is 5.56 Å². The second-order valence-corrected chi connectivity index (χ2v) is 5.10. The monoisotopic (exact) mass is 346 g/mol. The summed E-state index contributed by atoms with van der Waals surface area (Å²) >= 11 is 0. The molecule has 0 atom stereocenters. The van der Waals surface area contributed by atoms with E-state index in [9.17, 15) is 4.79 Å². The first-order valence-electron chi connectivity index (χ1n) is 7.73. The number of methoxy groups -OCH3 is 3. The Hall–Kier alpha value is -2.87. The molecular weight excluding hydrogens is 324 g/mol. The molecule has 8 heteroatoms. The van der Waals surface area contributed by atoms with Crippen molar-refractivity contribution < 1.29 is 19.0 Å². The minimum Gasteiger partial charge on any atom is -0.493 e. The quantitative estimate of drug-likeness (QED) is 0.664. The third kappa shape index (κ3) is 5.32. The molecule has 1 aromatic heterocycles. The molecule has 0 saturated heterocycles. The Morgan fingerprint density at radius 3 is 2.48 bits per heavy atom. The van der Waals surface area contributed by atoms with Crippen LogP contribution in [0.1, 0.15) is 16.1 Å². The van der Waals surface area contributed by atoms with E-state index in [-0.39, 0.29) is 11.6 Å². The van der Waals surface area contributed by atoms with Gasteiger partial charge in [-0.3, -0.25) is 4.79 Å². The minimum atomic E-state index is -0.300. The summed E-state index contributed by atoms with van der Waals surface area (Å²) in [4.78, 5) is 12.2. The van der Waals surface area contributed by atoms with Gasteiger partial charge in [-0.25, -0.2) is 0 Å². The highest BCUT2D eigenvalue weighted by molar-refractivity contribution is 5.92. The SMILES string of the molecule is COCCNc1ccc(C(=O)NCc2ccc(OC)c(OC)c2)nn1. The number of rotatable bonds is 9. The van der Waals surface area contributed by atoms with Gasteiger partial charge in [-0.2, -0.15) is 0 Å². The van der Waals surface area contributed by atoms with Crippen LogP contribution in [0, 0.1) is 0 Å². The molecule has 0 aliphatic heterocycles. The number of aromatic nitrogens is 2. The molecule has 0 spiro atoms. The van der Waals surface area contributed by atoms with Gasteiger partial charge < -0.3 is 24.8 Å². The predicted octanol–water partition coefficient (Wildman–Crippen LogP) is 1.48. The summed E-state index contributed by atoms with van der Waals surface area (Å²) in [5, 5.41) is 13.7. The van der Waals surface area contributed by atoms with E-state index in [1.807, 2.05) is 12.1 Å². The van der Waals surface area contributed by atoms with E-state index in [4.69, 9.17) is 14.2 Å². The van der Waals surface area contributed by atoms with Gasteiger partial charge in [0.2, 0.25) is 0 Å². The van der Waals surface area contributed by atoms with E-state index in [0.29, 0.717) is 37.0 Å². The summed E-state index contributed by atoms with van der Waals surface area (Å²) in [6, 6.07) is 8.78. The Morgan fingerprint density at radius 2 is 1.84 bits per heavy atom. The summed E-state index contributed by atoms with van der Waals surface area (Å²) < 4.78 is 15.4. The first-order valence-corrected chi connectivity index (χ1v) is 7.73. The fraction of sp³-hybridized carbons (Fsp3) is 0.353. The summed E-state index contributed by atoms with van der Waals surface area (Å²) in [5.41, 5.74) is 1.13. The zero-order valence-electron chi connectivity index (χ0n) is 14.5. The van der Waals surface area contributed by atoms with E-state index in [2.05, 4.69) is 20.8 Å². The Labute approximate surface area is 146 Å². The predicted molar refractivity (Wildman–Crippen MR) is 93.1 cm³/mol. The number of nitrogens with one attached hydrogen (secondary N) is 2. The third-order valence-corrected chi connectivity index (χ3v) is 3.41. The molecule has 2 rings (SSSR count). The second kappa shape index (κ2) is 9.43. The van der Waals surface area contributed by atoms with Crippen LogP contribution < -0.4 is 20.1 Å². The van der Waals surface area contributed by atoms with Crippen molar-refractivity contribution in [1.82, 2.24) is 15.5 Å². The number of nitrogens with zero attached hydrogens (tertiary/aromatic N) is 2. The van der Waals surface area contributed by atoms with Crippen molar-refractivity contribution in [3.8, 4) is 11.5 Å². The Balaban J connectivity index is 1.91. The number of benzene rings is 1. The largest absolute Gasteiger partial charge is 0.493 e. The Kier molecular flexibility index (Phi) is 6.97. The lowest BCUT2D eigenvalue weighted by Crippen LogP contribution is -2.24. The topological polar surface area (TPSA) is 94.6 Å². The molecule has 0 bridgehead atoms. The number of hydrogen-bond donors (Lipinski definition) is 2. The molecule has 2 aromatic rings.